The summed E-state index contributed by atoms with van der Waals surface area (Å²) in [5.74, 6) is 0. The number of alkyl halides is 3. The van der Waals surface area contributed by atoms with Crippen LogP contribution in [0.15, 0.2) is 36.5 Å². The minimum absolute atomic E-state index is 0.480. The largest absolute Gasteiger partial charge is 0.435 e. The molecule has 1 fully saturated rings. The van der Waals surface area contributed by atoms with Crippen molar-refractivity contribution in [3.05, 3.63) is 47.8 Å². The molecule has 1 atom stereocenters. The maximum Gasteiger partial charge on any atom is 0.435 e. The molecule has 0 saturated carbocycles. The summed E-state index contributed by atoms with van der Waals surface area (Å²) in [6, 6.07) is 8.94. The van der Waals surface area contributed by atoms with E-state index >= 15 is 0 Å². The van der Waals surface area contributed by atoms with Gasteiger partial charge in [-0.2, -0.15) is 18.3 Å². The van der Waals surface area contributed by atoms with Crippen LogP contribution in [0.1, 0.15) is 18.2 Å². The van der Waals surface area contributed by atoms with Crippen molar-refractivity contribution < 1.29 is 13.2 Å². The van der Waals surface area contributed by atoms with E-state index in [1.54, 1.807) is 12.1 Å². The Morgan fingerprint density at radius 2 is 1.96 bits per heavy atom. The van der Waals surface area contributed by atoms with Gasteiger partial charge in [0, 0.05) is 38.4 Å². The van der Waals surface area contributed by atoms with Crippen LogP contribution in [-0.4, -0.2) is 40.4 Å². The molecule has 7 heteroatoms. The molecule has 1 aliphatic heterocycles. The van der Waals surface area contributed by atoms with E-state index in [1.807, 2.05) is 12.1 Å². The predicted octanol–water partition coefficient (Wildman–Crippen LogP) is 2.68. The highest BCUT2D eigenvalue weighted by molar-refractivity contribution is 5.34. The quantitative estimate of drug-likeness (QED) is 0.942. The molecule has 23 heavy (non-hydrogen) atoms. The zero-order chi connectivity index (χ0) is 16.4. The maximum atomic E-state index is 12.6. The van der Waals surface area contributed by atoms with Crippen LogP contribution in [0.3, 0.4) is 0 Å². The van der Waals surface area contributed by atoms with Gasteiger partial charge in [0.25, 0.3) is 0 Å². The summed E-state index contributed by atoms with van der Waals surface area (Å²) in [6.45, 7) is 5.98. The Labute approximate surface area is 132 Å². The van der Waals surface area contributed by atoms with Gasteiger partial charge in [0.05, 0.1) is 5.69 Å². The smallest absolute Gasteiger partial charge is 0.312 e. The van der Waals surface area contributed by atoms with E-state index in [4.69, 9.17) is 0 Å². The molecule has 0 unspecified atom stereocenters. The van der Waals surface area contributed by atoms with Gasteiger partial charge >= 0.3 is 6.18 Å². The van der Waals surface area contributed by atoms with Crippen molar-refractivity contribution in [2.24, 2.45) is 0 Å². The zero-order valence-electron chi connectivity index (χ0n) is 12.8. The van der Waals surface area contributed by atoms with E-state index in [-0.39, 0.29) is 0 Å². The Balaban J connectivity index is 1.68. The molecule has 1 aliphatic rings. The fraction of sp³-hybridized carbons (Fsp3) is 0.438. The topological polar surface area (TPSA) is 33.1 Å². The first-order valence-electron chi connectivity index (χ1n) is 7.60. The van der Waals surface area contributed by atoms with E-state index in [1.165, 1.54) is 10.9 Å². The molecule has 1 N–H and O–H groups in total. The van der Waals surface area contributed by atoms with Crippen LogP contribution in [0, 0.1) is 0 Å². The van der Waals surface area contributed by atoms with Crippen molar-refractivity contribution >= 4 is 0 Å². The predicted molar refractivity (Wildman–Crippen MR) is 81.3 cm³/mol. The molecule has 124 valence electrons. The first-order valence-corrected chi connectivity index (χ1v) is 7.60. The van der Waals surface area contributed by atoms with Crippen molar-refractivity contribution in [3.8, 4) is 5.69 Å². The highest BCUT2D eigenvalue weighted by Crippen LogP contribution is 2.27. The lowest BCUT2D eigenvalue weighted by Gasteiger charge is -2.31. The van der Waals surface area contributed by atoms with Crippen molar-refractivity contribution in [3.63, 3.8) is 0 Å². The van der Waals surface area contributed by atoms with Crippen molar-refractivity contribution in [2.45, 2.75) is 25.7 Å². The summed E-state index contributed by atoms with van der Waals surface area (Å²) in [4.78, 5) is 2.37. The third-order valence-corrected chi connectivity index (χ3v) is 3.94. The highest BCUT2D eigenvalue weighted by atomic mass is 19.4. The third-order valence-electron chi connectivity index (χ3n) is 3.94. The molecule has 1 aromatic heterocycles. The number of piperazine rings is 1. The van der Waals surface area contributed by atoms with Gasteiger partial charge in [-0.25, -0.2) is 4.68 Å². The Hall–Kier alpha value is -1.86. The van der Waals surface area contributed by atoms with E-state index < -0.39 is 11.9 Å². The molecular formula is C16H19F3N4. The molecule has 0 amide bonds. The summed E-state index contributed by atoms with van der Waals surface area (Å²) in [5, 5.41) is 6.98. The van der Waals surface area contributed by atoms with Crippen molar-refractivity contribution in [1.29, 1.82) is 0 Å². The van der Waals surface area contributed by atoms with Crippen LogP contribution < -0.4 is 5.32 Å². The van der Waals surface area contributed by atoms with Gasteiger partial charge in [-0.3, -0.25) is 4.90 Å². The second-order valence-electron chi connectivity index (χ2n) is 5.90. The third kappa shape index (κ3) is 3.92. The second-order valence-corrected chi connectivity index (χ2v) is 5.90. The standard InChI is InChI=1S/C16H19F3N4/c1-12-10-22(9-7-20-12)11-13-2-4-14(5-3-13)23-8-6-15(21-23)16(17,18)19/h2-6,8,12,20H,7,9-11H2,1H3/t12-/m1/s1. The number of halogens is 3. The van der Waals surface area contributed by atoms with Gasteiger partial charge in [-0.1, -0.05) is 12.1 Å². The van der Waals surface area contributed by atoms with Crippen LogP contribution in [0.4, 0.5) is 13.2 Å². The first kappa shape index (κ1) is 16.0. The average Bonchev–Trinajstić information content (AvgIpc) is 2.98. The normalized spacial score (nSPS) is 19.9. The number of hydrogen-bond acceptors (Lipinski definition) is 3. The minimum atomic E-state index is -4.41. The molecule has 0 spiro atoms. The van der Waals surface area contributed by atoms with E-state index in [9.17, 15) is 13.2 Å². The van der Waals surface area contributed by atoms with Crippen LogP contribution in [0.2, 0.25) is 0 Å². The second kappa shape index (κ2) is 6.33. The van der Waals surface area contributed by atoms with Crippen LogP contribution in [-0.2, 0) is 12.7 Å². The number of nitrogens with one attached hydrogen (secondary N) is 1. The number of aromatic nitrogens is 2. The fourth-order valence-corrected chi connectivity index (χ4v) is 2.79. The fourth-order valence-electron chi connectivity index (χ4n) is 2.79. The number of nitrogens with zero attached hydrogens (tertiary/aromatic N) is 3. The number of rotatable bonds is 3. The van der Waals surface area contributed by atoms with Crippen LogP contribution in [0.25, 0.3) is 5.69 Å². The van der Waals surface area contributed by atoms with Gasteiger partial charge in [0.15, 0.2) is 5.69 Å². The summed E-state index contributed by atoms with van der Waals surface area (Å²) in [5.41, 5.74) is 0.889. The zero-order valence-corrected chi connectivity index (χ0v) is 12.8. The van der Waals surface area contributed by atoms with E-state index in [0.29, 0.717) is 11.7 Å². The summed E-state index contributed by atoms with van der Waals surface area (Å²) in [7, 11) is 0. The molecule has 0 radical (unpaired) electrons. The molecule has 1 aromatic carbocycles. The van der Waals surface area contributed by atoms with E-state index in [0.717, 1.165) is 37.8 Å². The monoisotopic (exact) mass is 324 g/mol. The lowest BCUT2D eigenvalue weighted by Crippen LogP contribution is -2.48. The average molecular weight is 324 g/mol. The molecule has 0 aliphatic carbocycles. The van der Waals surface area contributed by atoms with Crippen LogP contribution in [0.5, 0.6) is 0 Å². The van der Waals surface area contributed by atoms with Crippen molar-refractivity contribution in [1.82, 2.24) is 20.0 Å². The van der Waals surface area contributed by atoms with Crippen molar-refractivity contribution in [2.75, 3.05) is 19.6 Å². The minimum Gasteiger partial charge on any atom is -0.312 e. The van der Waals surface area contributed by atoms with Gasteiger partial charge in [0.2, 0.25) is 0 Å². The molecule has 0 bridgehead atoms. The van der Waals surface area contributed by atoms with Gasteiger partial charge in [-0.15, -0.1) is 0 Å². The van der Waals surface area contributed by atoms with Gasteiger partial charge in [0.1, 0.15) is 0 Å². The Bertz CT molecular complexity index is 648. The molecule has 1 saturated heterocycles. The molecule has 3 rings (SSSR count). The lowest BCUT2D eigenvalue weighted by atomic mass is 10.1. The molecule has 2 aromatic rings. The molecule has 4 nitrogen and oxygen atoms in total. The van der Waals surface area contributed by atoms with Gasteiger partial charge < -0.3 is 5.32 Å². The first-order chi connectivity index (χ1) is 10.9. The molecule has 2 heterocycles. The Morgan fingerprint density at radius 3 is 2.57 bits per heavy atom. The number of hydrogen-bond donors (Lipinski definition) is 1. The summed E-state index contributed by atoms with van der Waals surface area (Å²) >= 11 is 0. The molecular weight excluding hydrogens is 305 g/mol. The highest BCUT2D eigenvalue weighted by Gasteiger charge is 2.33. The lowest BCUT2D eigenvalue weighted by molar-refractivity contribution is -0.141. The Kier molecular flexibility index (Phi) is 4.41. The number of benzene rings is 1. The van der Waals surface area contributed by atoms with Crippen LogP contribution >= 0.6 is 0 Å². The summed E-state index contributed by atoms with van der Waals surface area (Å²) < 4.78 is 39.0. The Morgan fingerprint density at radius 1 is 1.22 bits per heavy atom. The maximum absolute atomic E-state index is 12.6. The summed E-state index contributed by atoms with van der Waals surface area (Å²) in [6.07, 6.45) is -3.08. The SMILES string of the molecule is C[C@@H]1CN(Cc2ccc(-n3ccc(C(F)(F)F)n3)cc2)CCN1. The van der Waals surface area contributed by atoms with E-state index in [2.05, 4.69) is 22.2 Å². The van der Waals surface area contributed by atoms with Gasteiger partial charge in [-0.05, 0) is 30.7 Å².